The number of nitrogens with zero attached hydrogens (tertiary/aromatic N) is 4. The number of carbonyl (C=O) groups excluding carboxylic acids is 1. The van der Waals surface area contributed by atoms with Crippen molar-refractivity contribution in [2.45, 2.75) is 46.2 Å². The number of aryl methyl sites for hydroxylation is 2. The lowest BCUT2D eigenvalue weighted by molar-refractivity contribution is 0.0941. The summed E-state index contributed by atoms with van der Waals surface area (Å²) in [6.45, 7) is 8.69. The van der Waals surface area contributed by atoms with Crippen molar-refractivity contribution in [3.05, 3.63) is 58.9 Å². The van der Waals surface area contributed by atoms with E-state index in [4.69, 9.17) is 0 Å². The molecule has 0 aliphatic carbocycles. The van der Waals surface area contributed by atoms with Gasteiger partial charge >= 0.3 is 0 Å². The van der Waals surface area contributed by atoms with Crippen LogP contribution in [-0.2, 0) is 6.42 Å². The zero-order valence-electron chi connectivity index (χ0n) is 18.2. The van der Waals surface area contributed by atoms with Crippen LogP contribution in [0.1, 0.15) is 60.0 Å². The fourth-order valence-corrected chi connectivity index (χ4v) is 3.53. The fourth-order valence-electron chi connectivity index (χ4n) is 3.53. The van der Waals surface area contributed by atoms with Crippen LogP contribution in [0.2, 0.25) is 0 Å². The van der Waals surface area contributed by atoms with E-state index in [1.54, 1.807) is 6.20 Å². The zero-order chi connectivity index (χ0) is 21.1. The van der Waals surface area contributed by atoms with Crippen LogP contribution in [0.25, 0.3) is 11.0 Å². The van der Waals surface area contributed by atoms with Crippen molar-refractivity contribution < 1.29 is 4.79 Å². The Balaban J connectivity index is 1.78. The van der Waals surface area contributed by atoms with Crippen LogP contribution in [0.15, 0.2) is 36.5 Å². The average Bonchev–Trinajstić information content (AvgIpc) is 3.10. The summed E-state index contributed by atoms with van der Waals surface area (Å²) in [6, 6.07) is 10.8. The minimum atomic E-state index is -0.105. The van der Waals surface area contributed by atoms with Crippen LogP contribution in [0.3, 0.4) is 0 Å². The molecule has 0 unspecified atom stereocenters. The Morgan fingerprint density at radius 3 is 2.48 bits per heavy atom. The Morgan fingerprint density at radius 1 is 1.21 bits per heavy atom. The van der Waals surface area contributed by atoms with Gasteiger partial charge in [-0.3, -0.25) is 4.79 Å². The second kappa shape index (κ2) is 8.74. The number of pyridine rings is 1. The van der Waals surface area contributed by atoms with E-state index in [1.165, 1.54) is 11.1 Å². The van der Waals surface area contributed by atoms with E-state index < -0.39 is 0 Å². The van der Waals surface area contributed by atoms with E-state index in [-0.39, 0.29) is 18.0 Å². The maximum Gasteiger partial charge on any atom is 0.253 e. The number of likely N-dealkylation sites (N-methyl/N-ethyl adjacent to an activating group) is 1. The monoisotopic (exact) mass is 393 g/mol. The van der Waals surface area contributed by atoms with Crippen molar-refractivity contribution in [1.29, 1.82) is 0 Å². The lowest BCUT2D eigenvalue weighted by Gasteiger charge is -2.25. The van der Waals surface area contributed by atoms with Gasteiger partial charge in [0, 0.05) is 18.0 Å². The predicted molar refractivity (Wildman–Crippen MR) is 117 cm³/mol. The highest BCUT2D eigenvalue weighted by Gasteiger charge is 2.19. The zero-order valence-corrected chi connectivity index (χ0v) is 18.2. The van der Waals surface area contributed by atoms with Crippen LogP contribution in [0, 0.1) is 6.92 Å². The number of aromatic nitrogens is 3. The molecule has 1 N–H and O–H groups in total. The highest BCUT2D eigenvalue weighted by Crippen LogP contribution is 2.21. The van der Waals surface area contributed by atoms with Gasteiger partial charge < -0.3 is 10.2 Å². The van der Waals surface area contributed by atoms with E-state index in [9.17, 15) is 4.79 Å². The third kappa shape index (κ3) is 4.48. The molecule has 0 spiro atoms. The molecule has 0 aliphatic heterocycles. The lowest BCUT2D eigenvalue weighted by atomic mass is 10.0. The molecule has 0 aliphatic rings. The predicted octanol–water partition coefficient (Wildman–Crippen LogP) is 3.92. The summed E-state index contributed by atoms with van der Waals surface area (Å²) in [5, 5.41) is 8.38. The van der Waals surface area contributed by atoms with Crippen LogP contribution >= 0.6 is 0 Å². The van der Waals surface area contributed by atoms with Crippen LogP contribution in [0.4, 0.5) is 0 Å². The summed E-state index contributed by atoms with van der Waals surface area (Å²) < 4.78 is 1.88. The van der Waals surface area contributed by atoms with Gasteiger partial charge in [-0.25, -0.2) is 9.67 Å². The molecule has 154 valence electrons. The summed E-state index contributed by atoms with van der Waals surface area (Å²) in [4.78, 5) is 19.7. The van der Waals surface area contributed by atoms with Crippen LogP contribution < -0.4 is 5.32 Å². The summed E-state index contributed by atoms with van der Waals surface area (Å²) in [7, 11) is 4.06. The van der Waals surface area contributed by atoms with E-state index in [1.807, 2.05) is 31.8 Å². The standard InChI is InChI=1S/C23H31N5O/c1-7-17-8-10-18(11-9-17)21(27(5)6)14-24-23(29)20-12-19-13-25-28(15(2)3)22(19)26-16(20)4/h8-13,15,21H,7,14H2,1-6H3,(H,24,29)/t21-/m1/s1. The van der Waals surface area contributed by atoms with Gasteiger partial charge in [-0.15, -0.1) is 0 Å². The Morgan fingerprint density at radius 2 is 1.90 bits per heavy atom. The molecule has 1 atom stereocenters. The van der Waals surface area contributed by atoms with Gasteiger partial charge in [0.2, 0.25) is 0 Å². The Kier molecular flexibility index (Phi) is 6.33. The number of amides is 1. The summed E-state index contributed by atoms with van der Waals surface area (Å²) >= 11 is 0. The molecule has 0 fully saturated rings. The van der Waals surface area contributed by atoms with Crippen molar-refractivity contribution in [2.24, 2.45) is 0 Å². The third-order valence-electron chi connectivity index (χ3n) is 5.35. The first-order valence-corrected chi connectivity index (χ1v) is 10.2. The van der Waals surface area contributed by atoms with Crippen molar-refractivity contribution in [3.8, 4) is 0 Å². The van der Waals surface area contributed by atoms with Gasteiger partial charge in [-0.1, -0.05) is 31.2 Å². The van der Waals surface area contributed by atoms with Crippen molar-refractivity contribution >= 4 is 16.9 Å². The molecule has 2 aromatic heterocycles. The molecule has 6 heteroatoms. The number of carbonyl (C=O) groups is 1. The topological polar surface area (TPSA) is 63.1 Å². The van der Waals surface area contributed by atoms with Crippen molar-refractivity contribution in [2.75, 3.05) is 20.6 Å². The first-order valence-electron chi connectivity index (χ1n) is 10.2. The smallest absolute Gasteiger partial charge is 0.253 e. The van der Waals surface area contributed by atoms with Crippen LogP contribution in [0.5, 0.6) is 0 Å². The Labute approximate surface area is 172 Å². The van der Waals surface area contributed by atoms with Gasteiger partial charge in [0.15, 0.2) is 5.65 Å². The summed E-state index contributed by atoms with van der Waals surface area (Å²) in [5.41, 5.74) is 4.63. The van der Waals surface area contributed by atoms with Gasteiger partial charge in [0.25, 0.3) is 5.91 Å². The first kappa shape index (κ1) is 21.0. The minimum Gasteiger partial charge on any atom is -0.350 e. The quantitative estimate of drug-likeness (QED) is 0.661. The van der Waals surface area contributed by atoms with E-state index >= 15 is 0 Å². The Bertz CT molecular complexity index is 988. The molecule has 6 nitrogen and oxygen atoms in total. The first-order chi connectivity index (χ1) is 13.8. The average molecular weight is 394 g/mol. The molecule has 0 saturated heterocycles. The van der Waals surface area contributed by atoms with Gasteiger partial charge in [0.05, 0.1) is 23.5 Å². The van der Waals surface area contributed by atoms with E-state index in [0.29, 0.717) is 17.8 Å². The molecule has 1 aromatic carbocycles. The van der Waals surface area contributed by atoms with Gasteiger partial charge in [0.1, 0.15) is 0 Å². The summed E-state index contributed by atoms with van der Waals surface area (Å²) in [6.07, 6.45) is 2.79. The van der Waals surface area contributed by atoms with Gasteiger partial charge in [-0.05, 0) is 58.5 Å². The van der Waals surface area contributed by atoms with Crippen molar-refractivity contribution in [1.82, 2.24) is 25.0 Å². The number of hydrogen-bond donors (Lipinski definition) is 1. The second-order valence-corrected chi connectivity index (χ2v) is 8.00. The van der Waals surface area contributed by atoms with E-state index in [0.717, 1.165) is 17.5 Å². The number of nitrogens with one attached hydrogen (secondary N) is 1. The molecular formula is C23H31N5O. The molecule has 3 aromatic rings. The molecule has 2 heterocycles. The Hall–Kier alpha value is -2.73. The maximum absolute atomic E-state index is 12.9. The maximum atomic E-state index is 12.9. The SMILES string of the molecule is CCc1ccc([C@@H](CNC(=O)c2cc3cnn(C(C)C)c3nc2C)N(C)C)cc1. The highest BCUT2D eigenvalue weighted by molar-refractivity contribution is 5.98. The molecule has 0 radical (unpaired) electrons. The second-order valence-electron chi connectivity index (χ2n) is 8.00. The number of hydrogen-bond acceptors (Lipinski definition) is 4. The number of fused-ring (bicyclic) bond motifs is 1. The molecule has 0 saturated carbocycles. The lowest BCUT2D eigenvalue weighted by Crippen LogP contribution is -2.35. The molecule has 1 amide bonds. The van der Waals surface area contributed by atoms with E-state index in [2.05, 4.69) is 65.3 Å². The molecule has 0 bridgehead atoms. The molecular weight excluding hydrogens is 362 g/mol. The molecule has 3 rings (SSSR count). The van der Waals surface area contributed by atoms with Crippen LogP contribution in [-0.4, -0.2) is 46.2 Å². The summed E-state index contributed by atoms with van der Waals surface area (Å²) in [5.74, 6) is -0.105. The minimum absolute atomic E-state index is 0.102. The van der Waals surface area contributed by atoms with Gasteiger partial charge in [-0.2, -0.15) is 5.10 Å². The highest BCUT2D eigenvalue weighted by atomic mass is 16.1. The number of benzene rings is 1. The normalized spacial score (nSPS) is 12.7. The van der Waals surface area contributed by atoms with Crippen molar-refractivity contribution in [3.63, 3.8) is 0 Å². The largest absolute Gasteiger partial charge is 0.350 e. The third-order valence-corrected chi connectivity index (χ3v) is 5.35. The molecule has 29 heavy (non-hydrogen) atoms. The number of rotatable bonds is 7. The fraction of sp³-hybridized carbons (Fsp3) is 0.435.